The first-order valence-corrected chi connectivity index (χ1v) is 10.3. The molecule has 7 heteroatoms. The molecule has 140 valence electrons. The van der Waals surface area contributed by atoms with E-state index in [0.717, 1.165) is 18.8 Å². The van der Waals surface area contributed by atoms with Crippen LogP contribution in [-0.4, -0.2) is 47.3 Å². The highest BCUT2D eigenvalue weighted by Crippen LogP contribution is 2.31. The van der Waals surface area contributed by atoms with Crippen molar-refractivity contribution in [3.63, 3.8) is 0 Å². The van der Waals surface area contributed by atoms with Gasteiger partial charge in [-0.3, -0.25) is 19.5 Å². The number of halogens is 1. The van der Waals surface area contributed by atoms with Crippen LogP contribution in [0, 0.1) is 5.92 Å². The number of carbonyl (C=O) groups excluding carboxylic acids is 2. The third-order valence-corrected chi connectivity index (χ3v) is 6.42. The van der Waals surface area contributed by atoms with E-state index in [1.54, 1.807) is 12.1 Å². The second-order valence-electron chi connectivity index (χ2n) is 6.99. The number of hydrogen-bond donors (Lipinski definition) is 0. The van der Waals surface area contributed by atoms with E-state index in [2.05, 4.69) is 11.9 Å². The standard InChI is InChI=1S/C19H24ClN3O2S/c1-13-7-9-14(10-8-13)22(2)18(25)12-26-19-21-11-17(24)23(19)16-6-4-3-5-15(16)20/h3-6,13-14H,7-12H2,1-2H3. The normalized spacial score (nSPS) is 23.1. The summed E-state index contributed by atoms with van der Waals surface area (Å²) in [7, 11) is 1.89. The van der Waals surface area contributed by atoms with Gasteiger partial charge in [0.2, 0.25) is 5.91 Å². The van der Waals surface area contributed by atoms with Crippen molar-refractivity contribution in [1.29, 1.82) is 0 Å². The lowest BCUT2D eigenvalue weighted by Crippen LogP contribution is -2.40. The Morgan fingerprint density at radius 1 is 1.31 bits per heavy atom. The van der Waals surface area contributed by atoms with E-state index in [1.807, 2.05) is 24.1 Å². The lowest BCUT2D eigenvalue weighted by molar-refractivity contribution is -0.129. The summed E-state index contributed by atoms with van der Waals surface area (Å²) in [5.41, 5.74) is 0.616. The molecule has 0 bridgehead atoms. The fourth-order valence-electron chi connectivity index (χ4n) is 3.43. The summed E-state index contributed by atoms with van der Waals surface area (Å²) < 4.78 is 0. The number of rotatable bonds is 4. The zero-order valence-corrected chi connectivity index (χ0v) is 16.7. The van der Waals surface area contributed by atoms with Crippen LogP contribution in [0.25, 0.3) is 0 Å². The summed E-state index contributed by atoms with van der Waals surface area (Å²) in [6, 6.07) is 7.51. The summed E-state index contributed by atoms with van der Waals surface area (Å²) in [6.45, 7) is 2.37. The zero-order chi connectivity index (χ0) is 18.7. The van der Waals surface area contributed by atoms with Crippen molar-refractivity contribution in [3.8, 4) is 0 Å². The fraction of sp³-hybridized carbons (Fsp3) is 0.526. The number of amidine groups is 1. The number of nitrogens with zero attached hydrogens (tertiary/aromatic N) is 3. The van der Waals surface area contributed by atoms with Crippen LogP contribution in [0.2, 0.25) is 5.02 Å². The molecule has 1 aliphatic carbocycles. The molecule has 3 rings (SSSR count). The van der Waals surface area contributed by atoms with Gasteiger partial charge in [0.1, 0.15) is 6.54 Å². The lowest BCUT2D eigenvalue weighted by Gasteiger charge is -2.33. The molecule has 2 aliphatic rings. The number of hydrogen-bond acceptors (Lipinski definition) is 4. The van der Waals surface area contributed by atoms with Gasteiger partial charge in [-0.15, -0.1) is 0 Å². The van der Waals surface area contributed by atoms with Crippen LogP contribution >= 0.6 is 23.4 Å². The molecule has 1 heterocycles. The predicted octanol–water partition coefficient (Wildman–Crippen LogP) is 3.81. The molecule has 1 fully saturated rings. The number of anilines is 1. The molecule has 0 saturated heterocycles. The van der Waals surface area contributed by atoms with Gasteiger partial charge in [-0.25, -0.2) is 0 Å². The predicted molar refractivity (Wildman–Crippen MR) is 108 cm³/mol. The van der Waals surface area contributed by atoms with Gasteiger partial charge < -0.3 is 4.90 Å². The van der Waals surface area contributed by atoms with E-state index >= 15 is 0 Å². The highest BCUT2D eigenvalue weighted by Gasteiger charge is 2.30. The summed E-state index contributed by atoms with van der Waals surface area (Å²) in [5, 5.41) is 1.04. The second kappa shape index (κ2) is 8.44. The van der Waals surface area contributed by atoms with Crippen LogP contribution in [0.5, 0.6) is 0 Å². The van der Waals surface area contributed by atoms with Crippen LogP contribution in [0.4, 0.5) is 5.69 Å². The van der Waals surface area contributed by atoms with Crippen molar-refractivity contribution in [2.75, 3.05) is 24.2 Å². The highest BCUT2D eigenvalue weighted by atomic mass is 35.5. The first kappa shape index (κ1) is 19.2. The molecule has 26 heavy (non-hydrogen) atoms. The minimum Gasteiger partial charge on any atom is -0.342 e. The second-order valence-corrected chi connectivity index (χ2v) is 8.34. The Morgan fingerprint density at radius 3 is 2.69 bits per heavy atom. The van der Waals surface area contributed by atoms with E-state index < -0.39 is 0 Å². The Bertz CT molecular complexity index is 716. The average molecular weight is 394 g/mol. The minimum atomic E-state index is -0.123. The van der Waals surface area contributed by atoms with Gasteiger partial charge in [0.25, 0.3) is 5.91 Å². The smallest absolute Gasteiger partial charge is 0.254 e. The molecule has 2 amide bonds. The van der Waals surface area contributed by atoms with Crippen LogP contribution < -0.4 is 4.90 Å². The van der Waals surface area contributed by atoms with Gasteiger partial charge in [-0.1, -0.05) is 42.4 Å². The van der Waals surface area contributed by atoms with Crippen molar-refractivity contribution in [2.24, 2.45) is 10.9 Å². The Hall–Kier alpha value is -1.53. The van der Waals surface area contributed by atoms with E-state index in [9.17, 15) is 9.59 Å². The molecule has 1 aromatic rings. The van der Waals surface area contributed by atoms with E-state index in [-0.39, 0.29) is 24.1 Å². The monoisotopic (exact) mass is 393 g/mol. The molecule has 1 saturated carbocycles. The number of amides is 2. The molecular formula is C19H24ClN3O2S. The van der Waals surface area contributed by atoms with E-state index in [1.165, 1.54) is 29.5 Å². The van der Waals surface area contributed by atoms with Gasteiger partial charge in [0.05, 0.1) is 16.5 Å². The Labute approximate surface area is 163 Å². The SMILES string of the molecule is CC1CCC(N(C)C(=O)CSC2=NCC(=O)N2c2ccccc2Cl)CC1. The molecule has 0 spiro atoms. The minimum absolute atomic E-state index is 0.0794. The lowest BCUT2D eigenvalue weighted by atomic mass is 9.87. The summed E-state index contributed by atoms with van der Waals surface area (Å²) >= 11 is 7.53. The zero-order valence-electron chi connectivity index (χ0n) is 15.2. The van der Waals surface area contributed by atoms with Crippen LogP contribution in [0.3, 0.4) is 0 Å². The van der Waals surface area contributed by atoms with Gasteiger partial charge in [-0.2, -0.15) is 0 Å². The van der Waals surface area contributed by atoms with E-state index in [4.69, 9.17) is 11.6 Å². The van der Waals surface area contributed by atoms with Crippen LogP contribution in [0.15, 0.2) is 29.3 Å². The number of carbonyl (C=O) groups is 2. The molecule has 0 aromatic heterocycles. The largest absolute Gasteiger partial charge is 0.342 e. The Morgan fingerprint density at radius 2 is 2.00 bits per heavy atom. The average Bonchev–Trinajstić information content (AvgIpc) is 3.00. The van der Waals surface area contributed by atoms with Crippen molar-refractivity contribution in [1.82, 2.24) is 4.90 Å². The number of thioether (sulfide) groups is 1. The summed E-state index contributed by atoms with van der Waals surface area (Å²) in [4.78, 5) is 32.5. The molecule has 0 radical (unpaired) electrons. The maximum Gasteiger partial charge on any atom is 0.254 e. The number of aliphatic imine (C=N–C) groups is 1. The summed E-state index contributed by atoms with van der Waals surface area (Å²) in [5.74, 6) is 0.987. The van der Waals surface area contributed by atoms with Crippen molar-refractivity contribution < 1.29 is 9.59 Å². The summed E-state index contributed by atoms with van der Waals surface area (Å²) in [6.07, 6.45) is 4.49. The third-order valence-electron chi connectivity index (χ3n) is 5.13. The number of para-hydroxylation sites is 1. The molecule has 5 nitrogen and oxygen atoms in total. The van der Waals surface area contributed by atoms with Gasteiger partial charge in [-0.05, 0) is 43.7 Å². The topological polar surface area (TPSA) is 53.0 Å². The van der Waals surface area contributed by atoms with Crippen LogP contribution in [-0.2, 0) is 9.59 Å². The molecule has 0 N–H and O–H groups in total. The first-order chi connectivity index (χ1) is 12.5. The number of benzene rings is 1. The molecule has 0 unspecified atom stereocenters. The van der Waals surface area contributed by atoms with Crippen LogP contribution in [0.1, 0.15) is 32.6 Å². The maximum atomic E-state index is 12.6. The fourth-order valence-corrected chi connectivity index (χ4v) is 4.59. The van der Waals surface area contributed by atoms with E-state index in [0.29, 0.717) is 21.9 Å². The van der Waals surface area contributed by atoms with Gasteiger partial charge in [0, 0.05) is 13.1 Å². The quantitative estimate of drug-likeness (QED) is 0.781. The van der Waals surface area contributed by atoms with Gasteiger partial charge in [0.15, 0.2) is 5.17 Å². The Balaban J connectivity index is 1.60. The van der Waals surface area contributed by atoms with Gasteiger partial charge >= 0.3 is 0 Å². The molecular weight excluding hydrogens is 370 g/mol. The highest BCUT2D eigenvalue weighted by molar-refractivity contribution is 8.14. The molecule has 0 atom stereocenters. The maximum absolute atomic E-state index is 12.6. The molecule has 1 aromatic carbocycles. The van der Waals surface area contributed by atoms with Crippen molar-refractivity contribution in [2.45, 2.75) is 38.6 Å². The van der Waals surface area contributed by atoms with Crippen molar-refractivity contribution >= 4 is 46.0 Å². The Kier molecular flexibility index (Phi) is 6.24. The third kappa shape index (κ3) is 4.23. The first-order valence-electron chi connectivity index (χ1n) is 8.97. The molecule has 1 aliphatic heterocycles. The van der Waals surface area contributed by atoms with Crippen molar-refractivity contribution in [3.05, 3.63) is 29.3 Å².